The molecule has 0 atom stereocenters. The van der Waals surface area contributed by atoms with E-state index in [1.807, 2.05) is 31.2 Å². The van der Waals surface area contributed by atoms with Gasteiger partial charge >= 0.3 is 0 Å². The lowest BCUT2D eigenvalue weighted by Gasteiger charge is -2.35. The Morgan fingerprint density at radius 2 is 1.88 bits per heavy atom. The quantitative estimate of drug-likeness (QED) is 0.711. The summed E-state index contributed by atoms with van der Waals surface area (Å²) in [4.78, 5) is 14.1. The maximum atomic E-state index is 5.85. The molecule has 0 N–H and O–H groups in total. The van der Waals surface area contributed by atoms with Crippen LogP contribution in [0.2, 0.25) is 0 Å². The number of rotatable bonds is 6. The van der Waals surface area contributed by atoms with Crippen molar-refractivity contribution in [2.45, 2.75) is 26.7 Å². The molecule has 26 heavy (non-hydrogen) atoms. The summed E-state index contributed by atoms with van der Waals surface area (Å²) in [5.74, 6) is 3.26. The third kappa shape index (κ3) is 5.17. The van der Waals surface area contributed by atoms with Crippen molar-refractivity contribution in [3.05, 3.63) is 46.3 Å². The molecule has 1 fully saturated rings. The van der Waals surface area contributed by atoms with Crippen LogP contribution >= 0.6 is 15.9 Å². The van der Waals surface area contributed by atoms with E-state index >= 15 is 0 Å². The minimum Gasteiger partial charge on any atom is -0.492 e. The van der Waals surface area contributed by atoms with Crippen LogP contribution in [0, 0.1) is 6.92 Å². The molecule has 1 aromatic heterocycles. The van der Waals surface area contributed by atoms with Gasteiger partial charge in [-0.15, -0.1) is 0 Å². The first-order valence-electron chi connectivity index (χ1n) is 9.22. The van der Waals surface area contributed by atoms with E-state index in [-0.39, 0.29) is 0 Å². The molecular formula is C20H27BrN4O. The number of hydrogen-bond acceptors (Lipinski definition) is 5. The predicted octanol–water partition coefficient (Wildman–Crippen LogP) is 3.87. The standard InChI is InChI=1S/C20H27BrN4O/c1-15(2)20-22-16(3)13-19(23-20)25-9-7-24(8-10-25)11-12-26-18-6-4-5-17(21)14-18/h4-6,13-15H,7-12H2,1-3H3. The molecule has 0 aliphatic carbocycles. The number of aromatic nitrogens is 2. The van der Waals surface area contributed by atoms with Gasteiger partial charge in [0.1, 0.15) is 24.0 Å². The second-order valence-corrected chi connectivity index (χ2v) is 7.93. The first kappa shape index (κ1) is 19.1. The van der Waals surface area contributed by atoms with Crippen molar-refractivity contribution >= 4 is 21.7 Å². The van der Waals surface area contributed by atoms with Gasteiger partial charge in [0.05, 0.1) is 0 Å². The average molecular weight is 419 g/mol. The van der Waals surface area contributed by atoms with Crippen molar-refractivity contribution in [3.63, 3.8) is 0 Å². The van der Waals surface area contributed by atoms with Crippen molar-refractivity contribution in [3.8, 4) is 5.75 Å². The van der Waals surface area contributed by atoms with Gasteiger partial charge in [0, 0.05) is 54.9 Å². The fourth-order valence-electron chi connectivity index (χ4n) is 3.04. The number of anilines is 1. The Bertz CT molecular complexity index is 730. The maximum Gasteiger partial charge on any atom is 0.133 e. The van der Waals surface area contributed by atoms with Gasteiger partial charge in [-0.2, -0.15) is 0 Å². The molecule has 0 spiro atoms. The molecule has 6 heteroatoms. The summed E-state index contributed by atoms with van der Waals surface area (Å²) in [6.07, 6.45) is 0. The van der Waals surface area contributed by atoms with E-state index < -0.39 is 0 Å². The van der Waals surface area contributed by atoms with Crippen molar-refractivity contribution in [1.82, 2.24) is 14.9 Å². The number of aryl methyl sites for hydroxylation is 1. The van der Waals surface area contributed by atoms with Crippen LogP contribution in [0.5, 0.6) is 5.75 Å². The van der Waals surface area contributed by atoms with Gasteiger partial charge in [-0.3, -0.25) is 4.90 Å². The summed E-state index contributed by atoms with van der Waals surface area (Å²) in [6, 6.07) is 10.1. The van der Waals surface area contributed by atoms with Crippen LogP contribution in [0.25, 0.3) is 0 Å². The third-order valence-electron chi connectivity index (χ3n) is 4.54. The summed E-state index contributed by atoms with van der Waals surface area (Å²) in [6.45, 7) is 12.0. The molecule has 1 aliphatic rings. The van der Waals surface area contributed by atoms with Crippen LogP contribution in [-0.2, 0) is 0 Å². The summed E-state index contributed by atoms with van der Waals surface area (Å²) in [7, 11) is 0. The van der Waals surface area contributed by atoms with Crippen LogP contribution in [0.3, 0.4) is 0 Å². The van der Waals surface area contributed by atoms with E-state index in [0.717, 1.165) is 60.3 Å². The van der Waals surface area contributed by atoms with Crippen molar-refractivity contribution in [2.75, 3.05) is 44.2 Å². The zero-order valence-electron chi connectivity index (χ0n) is 15.8. The Labute approximate surface area is 164 Å². The van der Waals surface area contributed by atoms with Gasteiger partial charge in [0.25, 0.3) is 0 Å². The Hall–Kier alpha value is -1.66. The zero-order chi connectivity index (χ0) is 18.5. The lowest BCUT2D eigenvalue weighted by Crippen LogP contribution is -2.47. The molecule has 2 heterocycles. The Kier molecular flexibility index (Phi) is 6.48. The SMILES string of the molecule is Cc1cc(N2CCN(CCOc3cccc(Br)c3)CC2)nc(C(C)C)n1. The molecule has 1 saturated heterocycles. The van der Waals surface area contributed by atoms with Crippen molar-refractivity contribution in [2.24, 2.45) is 0 Å². The summed E-state index contributed by atoms with van der Waals surface area (Å²) in [5, 5.41) is 0. The van der Waals surface area contributed by atoms with Crippen molar-refractivity contribution < 1.29 is 4.74 Å². The number of halogens is 1. The minimum absolute atomic E-state index is 0.352. The fraction of sp³-hybridized carbons (Fsp3) is 0.500. The monoisotopic (exact) mass is 418 g/mol. The zero-order valence-corrected chi connectivity index (χ0v) is 17.4. The lowest BCUT2D eigenvalue weighted by atomic mass is 10.2. The summed E-state index contributed by atoms with van der Waals surface area (Å²) < 4.78 is 6.90. The number of benzene rings is 1. The van der Waals surface area contributed by atoms with Gasteiger partial charge in [-0.25, -0.2) is 9.97 Å². The van der Waals surface area contributed by atoms with Crippen LogP contribution in [-0.4, -0.2) is 54.2 Å². The predicted molar refractivity (Wildman–Crippen MR) is 109 cm³/mol. The Morgan fingerprint density at radius 3 is 2.58 bits per heavy atom. The number of ether oxygens (including phenoxy) is 1. The highest BCUT2D eigenvalue weighted by Crippen LogP contribution is 2.19. The Balaban J connectivity index is 1.48. The van der Waals surface area contributed by atoms with E-state index in [0.29, 0.717) is 12.5 Å². The van der Waals surface area contributed by atoms with E-state index in [4.69, 9.17) is 9.72 Å². The molecule has 2 aromatic rings. The smallest absolute Gasteiger partial charge is 0.133 e. The minimum atomic E-state index is 0.352. The van der Waals surface area contributed by atoms with Gasteiger partial charge in [-0.05, 0) is 25.1 Å². The highest BCUT2D eigenvalue weighted by atomic mass is 79.9. The molecule has 140 valence electrons. The fourth-order valence-corrected chi connectivity index (χ4v) is 3.42. The highest BCUT2D eigenvalue weighted by Gasteiger charge is 2.19. The Morgan fingerprint density at radius 1 is 1.12 bits per heavy atom. The molecule has 1 aliphatic heterocycles. The largest absolute Gasteiger partial charge is 0.492 e. The van der Waals surface area contributed by atoms with Crippen LogP contribution in [0.1, 0.15) is 31.3 Å². The normalized spacial score (nSPS) is 15.5. The number of hydrogen-bond donors (Lipinski definition) is 0. The van der Waals surface area contributed by atoms with Crippen LogP contribution < -0.4 is 9.64 Å². The summed E-state index contributed by atoms with van der Waals surface area (Å²) >= 11 is 3.47. The average Bonchev–Trinajstić information content (AvgIpc) is 2.62. The molecule has 1 aromatic carbocycles. The molecule has 3 rings (SSSR count). The van der Waals surface area contributed by atoms with Crippen LogP contribution in [0.15, 0.2) is 34.8 Å². The first-order valence-corrected chi connectivity index (χ1v) is 10.0. The molecular weight excluding hydrogens is 392 g/mol. The lowest BCUT2D eigenvalue weighted by molar-refractivity contribution is 0.200. The van der Waals surface area contributed by atoms with Gasteiger partial charge < -0.3 is 9.64 Å². The molecule has 0 radical (unpaired) electrons. The molecule has 0 bridgehead atoms. The number of nitrogens with zero attached hydrogens (tertiary/aromatic N) is 4. The molecule has 0 saturated carbocycles. The van der Waals surface area contributed by atoms with E-state index in [1.165, 1.54) is 0 Å². The molecule has 0 amide bonds. The first-order chi connectivity index (χ1) is 12.5. The topological polar surface area (TPSA) is 41.5 Å². The van der Waals surface area contributed by atoms with E-state index in [9.17, 15) is 0 Å². The maximum absolute atomic E-state index is 5.85. The van der Waals surface area contributed by atoms with E-state index in [1.54, 1.807) is 0 Å². The van der Waals surface area contributed by atoms with Gasteiger partial charge in [-0.1, -0.05) is 35.8 Å². The second-order valence-electron chi connectivity index (χ2n) is 7.01. The molecule has 0 unspecified atom stereocenters. The summed E-state index contributed by atoms with van der Waals surface area (Å²) in [5.41, 5.74) is 1.04. The van der Waals surface area contributed by atoms with Gasteiger partial charge in [0.15, 0.2) is 0 Å². The van der Waals surface area contributed by atoms with E-state index in [2.05, 4.69) is 50.6 Å². The van der Waals surface area contributed by atoms with Gasteiger partial charge in [0.2, 0.25) is 0 Å². The second kappa shape index (κ2) is 8.82. The number of piperazine rings is 1. The molecule has 5 nitrogen and oxygen atoms in total. The third-order valence-corrected chi connectivity index (χ3v) is 5.04. The highest BCUT2D eigenvalue weighted by molar-refractivity contribution is 9.10. The van der Waals surface area contributed by atoms with Crippen LogP contribution in [0.4, 0.5) is 5.82 Å². The van der Waals surface area contributed by atoms with Crippen molar-refractivity contribution in [1.29, 1.82) is 0 Å².